The molecule has 0 atom stereocenters. The molecule has 1 aliphatic carbocycles. The number of likely N-dealkylation sites (tertiary alicyclic amines) is 1. The van der Waals surface area contributed by atoms with E-state index >= 15 is 0 Å². The highest BCUT2D eigenvalue weighted by Crippen LogP contribution is 2.22. The molecule has 0 unspecified atom stereocenters. The van der Waals surface area contributed by atoms with Crippen LogP contribution in [0.4, 0.5) is 0 Å². The van der Waals surface area contributed by atoms with Gasteiger partial charge < -0.3 is 15.1 Å². The molecule has 3 rings (SSSR count). The van der Waals surface area contributed by atoms with Crippen LogP contribution in [0, 0.1) is 5.92 Å². The lowest BCUT2D eigenvalue weighted by Gasteiger charge is -2.32. The van der Waals surface area contributed by atoms with Crippen molar-refractivity contribution in [3.8, 4) is 0 Å². The van der Waals surface area contributed by atoms with Crippen LogP contribution >= 0.6 is 0 Å². The molecule has 154 valence electrons. The average Bonchev–Trinajstić information content (AvgIpc) is 2.75. The van der Waals surface area contributed by atoms with E-state index in [-0.39, 0.29) is 11.8 Å². The van der Waals surface area contributed by atoms with Crippen molar-refractivity contribution < 1.29 is 9.59 Å². The summed E-state index contributed by atoms with van der Waals surface area (Å²) in [6, 6.07) is 10.1. The molecule has 1 saturated heterocycles. The zero-order valence-corrected chi connectivity index (χ0v) is 17.2. The van der Waals surface area contributed by atoms with Crippen molar-refractivity contribution in [2.75, 3.05) is 33.2 Å². The van der Waals surface area contributed by atoms with Crippen molar-refractivity contribution in [2.24, 2.45) is 5.92 Å². The maximum Gasteiger partial charge on any atom is 0.253 e. The van der Waals surface area contributed by atoms with E-state index in [0.717, 1.165) is 44.6 Å². The largest absolute Gasteiger partial charge is 0.355 e. The predicted octanol–water partition coefficient (Wildman–Crippen LogP) is 3.31. The predicted molar refractivity (Wildman–Crippen MR) is 112 cm³/mol. The summed E-state index contributed by atoms with van der Waals surface area (Å²) >= 11 is 0. The molecule has 1 heterocycles. The van der Waals surface area contributed by atoms with Gasteiger partial charge in [-0.25, -0.2) is 0 Å². The van der Waals surface area contributed by atoms with Gasteiger partial charge in [0.2, 0.25) is 5.91 Å². The maximum atomic E-state index is 12.5. The number of hydrogen-bond acceptors (Lipinski definition) is 3. The van der Waals surface area contributed by atoms with Gasteiger partial charge in [-0.15, -0.1) is 0 Å². The monoisotopic (exact) mass is 385 g/mol. The summed E-state index contributed by atoms with van der Waals surface area (Å²) in [5.74, 6) is 0.648. The number of carbonyl (C=O) groups excluding carboxylic acids is 2. The van der Waals surface area contributed by atoms with E-state index in [4.69, 9.17) is 0 Å². The van der Waals surface area contributed by atoms with Gasteiger partial charge in [0.25, 0.3) is 5.91 Å². The van der Waals surface area contributed by atoms with Gasteiger partial charge in [0, 0.05) is 44.2 Å². The number of nitrogens with one attached hydrogen (secondary N) is 1. The Morgan fingerprint density at radius 2 is 1.71 bits per heavy atom. The highest BCUT2D eigenvalue weighted by Gasteiger charge is 2.25. The minimum Gasteiger partial charge on any atom is -0.355 e. The SMILES string of the molecule is CN(CCNC(=O)CC1CCN(C(=O)c2ccccc2)CC1)C1CCCCC1. The minimum atomic E-state index is 0.106. The van der Waals surface area contributed by atoms with Gasteiger partial charge in [-0.05, 0) is 50.8 Å². The summed E-state index contributed by atoms with van der Waals surface area (Å²) in [6.45, 7) is 3.16. The van der Waals surface area contributed by atoms with Crippen LogP contribution in [-0.4, -0.2) is 60.9 Å². The zero-order chi connectivity index (χ0) is 19.8. The highest BCUT2D eigenvalue weighted by molar-refractivity contribution is 5.94. The Balaban J connectivity index is 1.32. The van der Waals surface area contributed by atoms with E-state index < -0.39 is 0 Å². The van der Waals surface area contributed by atoms with E-state index in [1.807, 2.05) is 35.2 Å². The fourth-order valence-corrected chi connectivity index (χ4v) is 4.51. The van der Waals surface area contributed by atoms with Crippen LogP contribution in [0.5, 0.6) is 0 Å². The summed E-state index contributed by atoms with van der Waals surface area (Å²) in [6.07, 6.45) is 9.05. The Bertz CT molecular complexity index is 620. The lowest BCUT2D eigenvalue weighted by atomic mass is 9.93. The van der Waals surface area contributed by atoms with Crippen LogP contribution in [0.25, 0.3) is 0 Å². The standard InChI is InChI=1S/C23H35N3O2/c1-25(21-10-6-3-7-11-21)17-14-24-22(27)18-19-12-15-26(16-13-19)23(28)20-8-4-2-5-9-20/h2,4-5,8-9,19,21H,3,6-7,10-18H2,1H3,(H,24,27). The summed E-state index contributed by atoms with van der Waals surface area (Å²) in [4.78, 5) is 29.1. The average molecular weight is 386 g/mol. The molecule has 1 aromatic rings. The van der Waals surface area contributed by atoms with E-state index in [1.165, 1.54) is 32.1 Å². The van der Waals surface area contributed by atoms with E-state index in [1.54, 1.807) is 0 Å². The first-order chi connectivity index (χ1) is 13.6. The molecule has 28 heavy (non-hydrogen) atoms. The topological polar surface area (TPSA) is 52.7 Å². The molecule has 1 aliphatic heterocycles. The molecule has 5 nitrogen and oxygen atoms in total. The number of benzene rings is 1. The van der Waals surface area contributed by atoms with Crippen molar-refractivity contribution in [1.29, 1.82) is 0 Å². The minimum absolute atomic E-state index is 0.106. The number of nitrogens with zero attached hydrogens (tertiary/aromatic N) is 2. The zero-order valence-electron chi connectivity index (χ0n) is 17.2. The molecular weight excluding hydrogens is 350 g/mol. The molecule has 0 spiro atoms. The molecule has 5 heteroatoms. The smallest absolute Gasteiger partial charge is 0.253 e. The molecule has 1 N–H and O–H groups in total. The second-order valence-electron chi connectivity index (χ2n) is 8.43. The third-order valence-corrected chi connectivity index (χ3v) is 6.38. The van der Waals surface area contributed by atoms with Crippen LogP contribution < -0.4 is 5.32 Å². The Labute approximate surface area is 169 Å². The Hall–Kier alpha value is -1.88. The molecular formula is C23H35N3O2. The molecule has 0 bridgehead atoms. The normalized spacial score (nSPS) is 19.0. The van der Waals surface area contributed by atoms with Gasteiger partial charge in [-0.2, -0.15) is 0 Å². The maximum absolute atomic E-state index is 12.5. The van der Waals surface area contributed by atoms with Gasteiger partial charge in [-0.1, -0.05) is 37.5 Å². The third-order valence-electron chi connectivity index (χ3n) is 6.38. The first-order valence-electron chi connectivity index (χ1n) is 10.9. The second-order valence-corrected chi connectivity index (χ2v) is 8.43. The van der Waals surface area contributed by atoms with Gasteiger partial charge in [0.05, 0.1) is 0 Å². The third kappa shape index (κ3) is 6.06. The number of likely N-dealkylation sites (N-methyl/N-ethyl adjacent to an activating group) is 1. The van der Waals surface area contributed by atoms with Gasteiger partial charge in [0.15, 0.2) is 0 Å². The van der Waals surface area contributed by atoms with Gasteiger partial charge >= 0.3 is 0 Å². The molecule has 2 fully saturated rings. The van der Waals surface area contributed by atoms with E-state index in [9.17, 15) is 9.59 Å². The lowest BCUT2D eigenvalue weighted by molar-refractivity contribution is -0.122. The van der Waals surface area contributed by atoms with Crippen LogP contribution in [0.15, 0.2) is 30.3 Å². The fourth-order valence-electron chi connectivity index (χ4n) is 4.51. The Morgan fingerprint density at radius 1 is 1.04 bits per heavy atom. The van der Waals surface area contributed by atoms with Crippen molar-refractivity contribution in [2.45, 2.75) is 57.4 Å². The quantitative estimate of drug-likeness (QED) is 0.783. The van der Waals surface area contributed by atoms with Crippen LogP contribution in [0.1, 0.15) is 61.7 Å². The van der Waals surface area contributed by atoms with Gasteiger partial charge in [0.1, 0.15) is 0 Å². The molecule has 2 amide bonds. The van der Waals surface area contributed by atoms with E-state index in [0.29, 0.717) is 18.4 Å². The van der Waals surface area contributed by atoms with Crippen LogP contribution in [0.3, 0.4) is 0 Å². The highest BCUT2D eigenvalue weighted by atomic mass is 16.2. The van der Waals surface area contributed by atoms with E-state index in [2.05, 4.69) is 17.3 Å². The molecule has 1 saturated carbocycles. The molecule has 2 aliphatic rings. The molecule has 0 aromatic heterocycles. The fraction of sp³-hybridized carbons (Fsp3) is 0.652. The van der Waals surface area contributed by atoms with Crippen LogP contribution in [-0.2, 0) is 4.79 Å². The Kier molecular flexibility index (Phi) is 7.90. The number of carbonyl (C=O) groups is 2. The summed E-state index contributed by atoms with van der Waals surface area (Å²) in [5, 5.41) is 3.10. The Morgan fingerprint density at radius 3 is 2.39 bits per heavy atom. The summed E-state index contributed by atoms with van der Waals surface area (Å²) < 4.78 is 0. The first kappa shape index (κ1) is 20.8. The first-order valence-corrected chi connectivity index (χ1v) is 10.9. The molecule has 1 aromatic carbocycles. The van der Waals surface area contributed by atoms with Crippen LogP contribution in [0.2, 0.25) is 0 Å². The van der Waals surface area contributed by atoms with Crippen molar-refractivity contribution in [3.63, 3.8) is 0 Å². The number of amides is 2. The van der Waals surface area contributed by atoms with Crippen molar-refractivity contribution >= 4 is 11.8 Å². The molecule has 0 radical (unpaired) electrons. The van der Waals surface area contributed by atoms with Gasteiger partial charge in [-0.3, -0.25) is 9.59 Å². The number of piperidine rings is 1. The number of rotatable bonds is 7. The summed E-state index contributed by atoms with van der Waals surface area (Å²) in [5.41, 5.74) is 0.751. The lowest BCUT2D eigenvalue weighted by Crippen LogP contribution is -2.41. The second kappa shape index (κ2) is 10.6. The van der Waals surface area contributed by atoms with Crippen molar-refractivity contribution in [3.05, 3.63) is 35.9 Å². The van der Waals surface area contributed by atoms with Crippen molar-refractivity contribution in [1.82, 2.24) is 15.1 Å². The number of hydrogen-bond donors (Lipinski definition) is 1. The summed E-state index contributed by atoms with van der Waals surface area (Å²) in [7, 11) is 2.18.